The highest BCUT2D eigenvalue weighted by Crippen LogP contribution is 2.20. The number of morpholine rings is 1. The average molecular weight is 291 g/mol. The van der Waals surface area contributed by atoms with Crippen molar-refractivity contribution in [2.75, 3.05) is 19.8 Å². The number of ether oxygens (including phenoxy) is 1. The Balaban J connectivity index is 0.00000147. The molecule has 0 unspecified atom stereocenters. The van der Waals surface area contributed by atoms with Crippen LogP contribution in [0.4, 0.5) is 0 Å². The molecule has 1 atom stereocenters. The van der Waals surface area contributed by atoms with Gasteiger partial charge in [0.2, 0.25) is 0 Å². The van der Waals surface area contributed by atoms with Crippen molar-refractivity contribution in [2.45, 2.75) is 12.5 Å². The molecule has 1 fully saturated rings. The third-order valence-electron chi connectivity index (χ3n) is 3.40. The van der Waals surface area contributed by atoms with E-state index in [-0.39, 0.29) is 12.4 Å². The summed E-state index contributed by atoms with van der Waals surface area (Å²) in [5.41, 5.74) is 3.73. The molecule has 1 aromatic carbocycles. The van der Waals surface area contributed by atoms with Crippen molar-refractivity contribution < 1.29 is 4.74 Å². The minimum absolute atomic E-state index is 0. The predicted molar refractivity (Wildman–Crippen MR) is 83.2 cm³/mol. The monoisotopic (exact) mass is 290 g/mol. The van der Waals surface area contributed by atoms with Crippen LogP contribution in [-0.4, -0.2) is 30.8 Å². The van der Waals surface area contributed by atoms with Crippen LogP contribution >= 0.6 is 12.4 Å². The molecule has 1 saturated heterocycles. The highest BCUT2D eigenvalue weighted by atomic mass is 35.5. The second-order valence-corrected chi connectivity index (χ2v) is 4.87. The van der Waals surface area contributed by atoms with E-state index >= 15 is 0 Å². The minimum atomic E-state index is 0. The summed E-state index contributed by atoms with van der Waals surface area (Å²) in [6.07, 6.45) is 4.71. The smallest absolute Gasteiger partial charge is 0.0623 e. The zero-order valence-electron chi connectivity index (χ0n) is 11.3. The Morgan fingerprint density at radius 1 is 1.20 bits per heavy atom. The molecular formula is C16H19ClN2O. The van der Waals surface area contributed by atoms with Crippen molar-refractivity contribution in [3.8, 4) is 11.1 Å². The molecule has 0 saturated carbocycles. The van der Waals surface area contributed by atoms with E-state index < -0.39 is 0 Å². The number of hydrogen-bond acceptors (Lipinski definition) is 3. The summed E-state index contributed by atoms with van der Waals surface area (Å²) in [7, 11) is 0. The highest BCUT2D eigenvalue weighted by Gasteiger charge is 2.13. The van der Waals surface area contributed by atoms with Crippen molar-refractivity contribution in [3.63, 3.8) is 0 Å². The first-order valence-electron chi connectivity index (χ1n) is 6.72. The van der Waals surface area contributed by atoms with Crippen LogP contribution in [0.5, 0.6) is 0 Å². The SMILES string of the molecule is Cl.c1cncc(-c2cccc(C[C@@H]3COCCN3)c2)c1. The Hall–Kier alpha value is -1.42. The first kappa shape index (κ1) is 15.0. The molecule has 20 heavy (non-hydrogen) atoms. The van der Waals surface area contributed by atoms with E-state index in [2.05, 4.69) is 40.6 Å². The van der Waals surface area contributed by atoms with Crippen molar-refractivity contribution in [3.05, 3.63) is 54.4 Å². The van der Waals surface area contributed by atoms with Gasteiger partial charge in [0.05, 0.1) is 13.2 Å². The molecule has 4 heteroatoms. The molecule has 106 valence electrons. The van der Waals surface area contributed by atoms with Gasteiger partial charge in [0, 0.05) is 25.0 Å². The summed E-state index contributed by atoms with van der Waals surface area (Å²) in [5.74, 6) is 0. The quantitative estimate of drug-likeness (QED) is 0.944. The van der Waals surface area contributed by atoms with Gasteiger partial charge in [0.1, 0.15) is 0 Å². The van der Waals surface area contributed by atoms with Gasteiger partial charge < -0.3 is 10.1 Å². The zero-order chi connectivity index (χ0) is 12.9. The normalized spacial score (nSPS) is 18.3. The Labute approximate surface area is 125 Å². The second-order valence-electron chi connectivity index (χ2n) is 4.87. The van der Waals surface area contributed by atoms with Gasteiger partial charge in [-0.25, -0.2) is 0 Å². The predicted octanol–water partition coefficient (Wildman–Crippen LogP) is 2.70. The average Bonchev–Trinajstić information content (AvgIpc) is 2.49. The van der Waals surface area contributed by atoms with Crippen LogP contribution in [0.3, 0.4) is 0 Å². The lowest BCUT2D eigenvalue weighted by Gasteiger charge is -2.24. The molecule has 0 spiro atoms. The Morgan fingerprint density at radius 2 is 2.10 bits per heavy atom. The van der Waals surface area contributed by atoms with E-state index in [4.69, 9.17) is 4.74 Å². The van der Waals surface area contributed by atoms with E-state index in [0.717, 1.165) is 31.7 Å². The van der Waals surface area contributed by atoms with E-state index in [1.165, 1.54) is 11.1 Å². The fraction of sp³-hybridized carbons (Fsp3) is 0.312. The summed E-state index contributed by atoms with van der Waals surface area (Å²) in [6.45, 7) is 2.58. The Morgan fingerprint density at radius 3 is 2.85 bits per heavy atom. The summed E-state index contributed by atoms with van der Waals surface area (Å²) < 4.78 is 5.50. The summed E-state index contributed by atoms with van der Waals surface area (Å²) in [4.78, 5) is 4.17. The van der Waals surface area contributed by atoms with Gasteiger partial charge in [-0.15, -0.1) is 12.4 Å². The number of nitrogens with zero attached hydrogens (tertiary/aromatic N) is 1. The minimum Gasteiger partial charge on any atom is -0.379 e. The van der Waals surface area contributed by atoms with Crippen LogP contribution in [0.25, 0.3) is 11.1 Å². The van der Waals surface area contributed by atoms with Crippen LogP contribution in [0.2, 0.25) is 0 Å². The lowest BCUT2D eigenvalue weighted by atomic mass is 10.0. The molecule has 1 aromatic heterocycles. The second kappa shape index (κ2) is 7.39. The van der Waals surface area contributed by atoms with E-state index in [0.29, 0.717) is 6.04 Å². The third kappa shape index (κ3) is 3.79. The van der Waals surface area contributed by atoms with Gasteiger partial charge in [-0.05, 0) is 29.2 Å². The van der Waals surface area contributed by atoms with Crippen LogP contribution in [-0.2, 0) is 11.2 Å². The van der Waals surface area contributed by atoms with Gasteiger partial charge in [0.15, 0.2) is 0 Å². The van der Waals surface area contributed by atoms with Gasteiger partial charge >= 0.3 is 0 Å². The van der Waals surface area contributed by atoms with Crippen LogP contribution in [0.15, 0.2) is 48.8 Å². The molecule has 0 bridgehead atoms. The van der Waals surface area contributed by atoms with Gasteiger partial charge in [-0.3, -0.25) is 4.98 Å². The van der Waals surface area contributed by atoms with Crippen molar-refractivity contribution in [2.24, 2.45) is 0 Å². The number of rotatable bonds is 3. The zero-order valence-corrected chi connectivity index (χ0v) is 12.1. The van der Waals surface area contributed by atoms with Crippen molar-refractivity contribution in [1.82, 2.24) is 10.3 Å². The maximum atomic E-state index is 5.50. The maximum Gasteiger partial charge on any atom is 0.0623 e. The van der Waals surface area contributed by atoms with Crippen LogP contribution in [0, 0.1) is 0 Å². The molecule has 3 rings (SSSR count). The molecule has 2 aromatic rings. The first-order valence-corrected chi connectivity index (χ1v) is 6.72. The topological polar surface area (TPSA) is 34.1 Å². The molecule has 0 aliphatic carbocycles. The van der Waals surface area contributed by atoms with Crippen molar-refractivity contribution in [1.29, 1.82) is 0 Å². The number of halogens is 1. The molecular weight excluding hydrogens is 272 g/mol. The summed E-state index contributed by atoms with van der Waals surface area (Å²) in [6, 6.07) is 13.2. The van der Waals surface area contributed by atoms with Gasteiger partial charge in [0.25, 0.3) is 0 Å². The summed E-state index contributed by atoms with van der Waals surface area (Å²) in [5, 5.41) is 3.49. The van der Waals surface area contributed by atoms with Crippen LogP contribution < -0.4 is 5.32 Å². The summed E-state index contributed by atoms with van der Waals surface area (Å²) >= 11 is 0. The number of pyridine rings is 1. The molecule has 0 amide bonds. The largest absolute Gasteiger partial charge is 0.379 e. The molecule has 1 N–H and O–H groups in total. The number of aromatic nitrogens is 1. The van der Waals surface area contributed by atoms with Gasteiger partial charge in [-0.1, -0.05) is 30.3 Å². The molecule has 3 nitrogen and oxygen atoms in total. The van der Waals surface area contributed by atoms with E-state index in [1.807, 2.05) is 12.3 Å². The molecule has 2 heterocycles. The van der Waals surface area contributed by atoms with Crippen LogP contribution in [0.1, 0.15) is 5.56 Å². The maximum absolute atomic E-state index is 5.50. The number of hydrogen-bond donors (Lipinski definition) is 1. The molecule has 1 aliphatic heterocycles. The fourth-order valence-corrected chi connectivity index (χ4v) is 2.45. The lowest BCUT2D eigenvalue weighted by molar-refractivity contribution is 0.0770. The lowest BCUT2D eigenvalue weighted by Crippen LogP contribution is -2.42. The first-order chi connectivity index (χ1) is 9.42. The Kier molecular flexibility index (Phi) is 5.53. The van der Waals surface area contributed by atoms with Crippen molar-refractivity contribution >= 4 is 12.4 Å². The number of benzene rings is 1. The standard InChI is InChI=1S/C16H18N2O.ClH/c1-3-13(10-16-12-19-8-7-18-16)9-14(4-1)15-5-2-6-17-11-15;/h1-6,9,11,16,18H,7-8,10,12H2;1H/t16-;/m1./s1. The Bertz CT molecular complexity index is 527. The number of nitrogens with one attached hydrogen (secondary N) is 1. The third-order valence-corrected chi connectivity index (χ3v) is 3.40. The molecule has 0 radical (unpaired) electrons. The van der Waals surface area contributed by atoms with E-state index in [9.17, 15) is 0 Å². The van der Waals surface area contributed by atoms with E-state index in [1.54, 1.807) is 6.20 Å². The fourth-order valence-electron chi connectivity index (χ4n) is 2.45. The van der Waals surface area contributed by atoms with Gasteiger partial charge in [-0.2, -0.15) is 0 Å². The molecule has 1 aliphatic rings. The highest BCUT2D eigenvalue weighted by molar-refractivity contribution is 5.85.